The van der Waals surface area contributed by atoms with Crippen LogP contribution < -0.4 is 5.56 Å². The summed E-state index contributed by atoms with van der Waals surface area (Å²) in [5, 5.41) is 9.07. The third-order valence-electron chi connectivity index (χ3n) is 6.82. The van der Waals surface area contributed by atoms with Crippen LogP contribution in [0.2, 0.25) is 0 Å². The van der Waals surface area contributed by atoms with Crippen LogP contribution in [-0.4, -0.2) is 59.0 Å². The van der Waals surface area contributed by atoms with Crippen LogP contribution >= 0.6 is 0 Å². The molecule has 0 spiro atoms. The smallest absolute Gasteiger partial charge is 0.267 e. The van der Waals surface area contributed by atoms with Gasteiger partial charge < -0.3 is 4.90 Å². The van der Waals surface area contributed by atoms with Crippen LogP contribution in [0.15, 0.2) is 90.5 Å². The molecule has 0 aliphatic carbocycles. The van der Waals surface area contributed by atoms with Gasteiger partial charge in [0.15, 0.2) is 5.82 Å². The molecule has 0 unspecified atom stereocenters. The zero-order chi connectivity index (χ0) is 25.7. The summed E-state index contributed by atoms with van der Waals surface area (Å²) in [6.45, 7) is 4.64. The first-order chi connectivity index (χ1) is 18.7. The highest BCUT2D eigenvalue weighted by Crippen LogP contribution is 2.21. The first-order valence-electron chi connectivity index (χ1n) is 12.9. The molecule has 6 rings (SSSR count). The van der Waals surface area contributed by atoms with Gasteiger partial charge in [-0.3, -0.25) is 14.5 Å². The van der Waals surface area contributed by atoms with Crippen LogP contribution in [-0.2, 0) is 13.1 Å². The fourth-order valence-electron chi connectivity index (χ4n) is 4.73. The van der Waals surface area contributed by atoms with E-state index in [-0.39, 0.29) is 5.56 Å². The van der Waals surface area contributed by atoms with Crippen molar-refractivity contribution in [1.82, 2.24) is 39.4 Å². The van der Waals surface area contributed by atoms with E-state index in [4.69, 9.17) is 0 Å². The average molecular weight is 505 g/mol. The third kappa shape index (κ3) is 5.42. The number of rotatable bonds is 8. The van der Waals surface area contributed by atoms with E-state index in [2.05, 4.69) is 36.2 Å². The van der Waals surface area contributed by atoms with Crippen LogP contribution in [0.5, 0.6) is 0 Å². The molecular formula is C29H28N8O. The summed E-state index contributed by atoms with van der Waals surface area (Å²) in [6.07, 6.45) is 13.6. The van der Waals surface area contributed by atoms with Crippen molar-refractivity contribution < 1.29 is 0 Å². The largest absolute Gasteiger partial charge is 0.301 e. The predicted octanol–water partition coefficient (Wildman–Crippen LogP) is 3.77. The van der Waals surface area contributed by atoms with E-state index in [0.29, 0.717) is 12.4 Å². The number of benzene rings is 1. The Bertz CT molecular complexity index is 1570. The second-order valence-electron chi connectivity index (χ2n) is 9.49. The fourth-order valence-corrected chi connectivity index (χ4v) is 4.73. The van der Waals surface area contributed by atoms with Crippen molar-refractivity contribution in [1.29, 1.82) is 0 Å². The van der Waals surface area contributed by atoms with Crippen molar-refractivity contribution in [3.05, 3.63) is 102 Å². The maximum Gasteiger partial charge on any atom is 0.267 e. The Labute approximate surface area is 220 Å². The summed E-state index contributed by atoms with van der Waals surface area (Å²) in [5.41, 5.74) is 5.24. The first kappa shape index (κ1) is 23.9. The van der Waals surface area contributed by atoms with E-state index in [1.807, 2.05) is 59.7 Å². The minimum atomic E-state index is -0.158. The van der Waals surface area contributed by atoms with Gasteiger partial charge in [-0.1, -0.05) is 18.2 Å². The second-order valence-corrected chi connectivity index (χ2v) is 9.49. The summed E-state index contributed by atoms with van der Waals surface area (Å²) in [7, 11) is 0. The van der Waals surface area contributed by atoms with Gasteiger partial charge in [-0.2, -0.15) is 10.2 Å². The minimum Gasteiger partial charge on any atom is -0.301 e. The fraction of sp³-hybridized carbons (Fsp3) is 0.241. The van der Waals surface area contributed by atoms with E-state index < -0.39 is 0 Å². The molecule has 4 aromatic heterocycles. The van der Waals surface area contributed by atoms with Gasteiger partial charge in [0.1, 0.15) is 0 Å². The average Bonchev–Trinajstić information content (AvgIpc) is 3.66. The molecular weight excluding hydrogens is 476 g/mol. The number of likely N-dealkylation sites (tertiary alicyclic amines) is 1. The topological polar surface area (TPSA) is 94.6 Å². The maximum atomic E-state index is 12.5. The van der Waals surface area contributed by atoms with Gasteiger partial charge >= 0.3 is 0 Å². The normalized spacial score (nSPS) is 13.7. The highest BCUT2D eigenvalue weighted by Gasteiger charge is 2.12. The Morgan fingerprint density at radius 2 is 1.61 bits per heavy atom. The van der Waals surface area contributed by atoms with Crippen molar-refractivity contribution in [3.63, 3.8) is 0 Å². The van der Waals surface area contributed by atoms with E-state index in [1.165, 1.54) is 30.6 Å². The molecule has 0 atom stereocenters. The van der Waals surface area contributed by atoms with Gasteiger partial charge in [-0.25, -0.2) is 14.6 Å². The standard InChI is InChI=1S/C29H28N8O/c38-28-7-6-27(23-8-10-30-11-9-23)34-37(28)20-22-4-3-5-24(16-22)29-31-17-25(18-32-29)26-19-33-36(21-26)15-14-35-12-1-2-13-35/h3-11,16-19,21H,1-2,12-15,20H2. The second kappa shape index (κ2) is 10.9. The lowest BCUT2D eigenvalue weighted by molar-refractivity contribution is 0.316. The molecule has 0 bridgehead atoms. The van der Waals surface area contributed by atoms with Crippen molar-refractivity contribution in [2.75, 3.05) is 19.6 Å². The highest BCUT2D eigenvalue weighted by molar-refractivity contribution is 5.63. The van der Waals surface area contributed by atoms with Crippen LogP contribution in [0.25, 0.3) is 33.8 Å². The summed E-state index contributed by atoms with van der Waals surface area (Å²) in [6, 6.07) is 14.9. The summed E-state index contributed by atoms with van der Waals surface area (Å²) in [5.74, 6) is 0.628. The molecule has 0 radical (unpaired) electrons. The third-order valence-corrected chi connectivity index (χ3v) is 6.82. The van der Waals surface area contributed by atoms with Gasteiger partial charge in [-0.15, -0.1) is 0 Å². The molecule has 1 aliphatic heterocycles. The quantitative estimate of drug-likeness (QED) is 0.317. The van der Waals surface area contributed by atoms with Gasteiger partial charge in [0.2, 0.25) is 0 Å². The van der Waals surface area contributed by atoms with Crippen molar-refractivity contribution >= 4 is 0 Å². The van der Waals surface area contributed by atoms with Gasteiger partial charge in [0.25, 0.3) is 5.56 Å². The molecule has 1 aromatic carbocycles. The van der Waals surface area contributed by atoms with E-state index >= 15 is 0 Å². The van der Waals surface area contributed by atoms with Gasteiger partial charge in [-0.05, 0) is 55.8 Å². The van der Waals surface area contributed by atoms with Gasteiger partial charge in [0, 0.05) is 65.8 Å². The predicted molar refractivity (Wildman–Crippen MR) is 145 cm³/mol. The summed E-state index contributed by atoms with van der Waals surface area (Å²) < 4.78 is 3.46. The zero-order valence-corrected chi connectivity index (χ0v) is 21.0. The van der Waals surface area contributed by atoms with E-state index in [1.54, 1.807) is 24.5 Å². The van der Waals surface area contributed by atoms with E-state index in [0.717, 1.165) is 46.6 Å². The zero-order valence-electron chi connectivity index (χ0n) is 21.0. The van der Waals surface area contributed by atoms with Crippen molar-refractivity contribution in [2.45, 2.75) is 25.9 Å². The Morgan fingerprint density at radius 1 is 0.789 bits per heavy atom. The minimum absolute atomic E-state index is 0.158. The SMILES string of the molecule is O=c1ccc(-c2ccncc2)nn1Cc1cccc(-c2ncc(-c3cnn(CCN4CCCC4)c3)cn2)c1. The number of aromatic nitrogens is 7. The lowest BCUT2D eigenvalue weighted by Gasteiger charge is -2.13. The molecule has 1 fully saturated rings. The molecule has 5 heterocycles. The Hall–Kier alpha value is -4.50. The number of pyridine rings is 1. The lowest BCUT2D eigenvalue weighted by atomic mass is 10.1. The number of hydrogen-bond donors (Lipinski definition) is 0. The molecule has 190 valence electrons. The Kier molecular flexibility index (Phi) is 6.82. The molecule has 5 aromatic rings. The molecule has 0 amide bonds. The van der Waals surface area contributed by atoms with Crippen molar-refractivity contribution in [2.24, 2.45) is 0 Å². The molecule has 9 heteroatoms. The van der Waals surface area contributed by atoms with Crippen LogP contribution in [0.4, 0.5) is 0 Å². The highest BCUT2D eigenvalue weighted by atomic mass is 16.1. The Balaban J connectivity index is 1.16. The maximum absolute atomic E-state index is 12.5. The van der Waals surface area contributed by atoms with Crippen molar-refractivity contribution in [3.8, 4) is 33.8 Å². The van der Waals surface area contributed by atoms with Gasteiger partial charge in [0.05, 0.1) is 25.0 Å². The Morgan fingerprint density at radius 3 is 2.42 bits per heavy atom. The first-order valence-corrected chi connectivity index (χ1v) is 12.9. The number of hydrogen-bond acceptors (Lipinski definition) is 7. The molecule has 9 nitrogen and oxygen atoms in total. The summed E-state index contributed by atoms with van der Waals surface area (Å²) in [4.78, 5) is 28.3. The lowest BCUT2D eigenvalue weighted by Crippen LogP contribution is -2.24. The number of nitrogens with zero attached hydrogens (tertiary/aromatic N) is 8. The van der Waals surface area contributed by atoms with Crippen LogP contribution in [0.3, 0.4) is 0 Å². The molecule has 1 aliphatic rings. The van der Waals surface area contributed by atoms with E-state index in [9.17, 15) is 4.79 Å². The van der Waals surface area contributed by atoms with Crippen LogP contribution in [0, 0.1) is 0 Å². The molecule has 0 saturated carbocycles. The molecule has 38 heavy (non-hydrogen) atoms. The summed E-state index contributed by atoms with van der Waals surface area (Å²) >= 11 is 0. The molecule has 0 N–H and O–H groups in total. The van der Waals surface area contributed by atoms with Crippen LogP contribution in [0.1, 0.15) is 18.4 Å². The molecule has 1 saturated heterocycles. The monoisotopic (exact) mass is 504 g/mol.